The summed E-state index contributed by atoms with van der Waals surface area (Å²) < 4.78 is 4.47. The Balaban J connectivity index is 3.07. The number of ether oxygens (including phenoxy) is 1. The molecule has 0 bridgehead atoms. The summed E-state index contributed by atoms with van der Waals surface area (Å²) in [6.45, 7) is 0. The van der Waals surface area contributed by atoms with Crippen LogP contribution in [-0.2, 0) is 4.74 Å². The second-order valence-electron chi connectivity index (χ2n) is 2.71. The van der Waals surface area contributed by atoms with Crippen LogP contribution in [0.5, 0.6) is 0 Å². The molecule has 0 fully saturated rings. The molecule has 0 unspecified atom stereocenters. The van der Waals surface area contributed by atoms with E-state index in [0.717, 1.165) is 0 Å². The zero-order valence-electron chi connectivity index (χ0n) is 7.60. The molecular weight excluding hydrogens is 185 g/mol. The summed E-state index contributed by atoms with van der Waals surface area (Å²) in [5.74, 6) is -0.554. The fraction of sp³-hybridized carbons (Fsp3) is 0.125. The van der Waals surface area contributed by atoms with Gasteiger partial charge in [0.15, 0.2) is 0 Å². The molecule has 0 aliphatic heterocycles. The van der Waals surface area contributed by atoms with E-state index in [-0.39, 0.29) is 16.7 Å². The minimum atomic E-state index is -1.59. The van der Waals surface area contributed by atoms with Crippen molar-refractivity contribution >= 4 is 24.2 Å². The number of esters is 1. The molecule has 14 heavy (non-hydrogen) atoms. The van der Waals surface area contributed by atoms with Crippen LogP contribution in [0.3, 0.4) is 0 Å². The molecule has 0 saturated carbocycles. The summed E-state index contributed by atoms with van der Waals surface area (Å²) in [6.07, 6.45) is 0. The average Bonchev–Trinajstić information content (AvgIpc) is 2.16. The molecule has 4 N–H and O–H groups in total. The number of rotatable bonds is 2. The van der Waals surface area contributed by atoms with Crippen molar-refractivity contribution in [2.75, 3.05) is 12.8 Å². The van der Waals surface area contributed by atoms with Gasteiger partial charge in [0.2, 0.25) is 0 Å². The van der Waals surface area contributed by atoms with Crippen molar-refractivity contribution in [1.29, 1.82) is 0 Å². The number of nitrogens with two attached hydrogens (primary N) is 1. The minimum absolute atomic E-state index is 0.155. The highest BCUT2D eigenvalue weighted by Crippen LogP contribution is 2.10. The van der Waals surface area contributed by atoms with Crippen molar-refractivity contribution in [2.24, 2.45) is 0 Å². The molecule has 0 amide bonds. The van der Waals surface area contributed by atoms with Crippen LogP contribution in [0.15, 0.2) is 18.2 Å². The number of benzene rings is 1. The molecule has 0 saturated heterocycles. The van der Waals surface area contributed by atoms with E-state index in [1.54, 1.807) is 0 Å². The Morgan fingerprint density at radius 1 is 1.50 bits per heavy atom. The highest BCUT2D eigenvalue weighted by Gasteiger charge is 2.15. The van der Waals surface area contributed by atoms with Crippen molar-refractivity contribution in [2.45, 2.75) is 0 Å². The maximum absolute atomic E-state index is 11.1. The normalized spacial score (nSPS) is 9.64. The van der Waals surface area contributed by atoms with Gasteiger partial charge in [-0.05, 0) is 17.6 Å². The van der Waals surface area contributed by atoms with Gasteiger partial charge in [-0.25, -0.2) is 4.79 Å². The van der Waals surface area contributed by atoms with Crippen molar-refractivity contribution in [3.05, 3.63) is 23.8 Å². The molecule has 74 valence electrons. The quantitative estimate of drug-likeness (QED) is 0.311. The second kappa shape index (κ2) is 4.12. The third kappa shape index (κ3) is 2.04. The number of nitrogen functional groups attached to an aromatic ring is 1. The Morgan fingerprint density at radius 3 is 2.57 bits per heavy atom. The van der Waals surface area contributed by atoms with E-state index in [2.05, 4.69) is 4.74 Å². The maximum atomic E-state index is 11.1. The lowest BCUT2D eigenvalue weighted by atomic mass is 9.79. The standard InChI is InChI=1S/C8H10BNO4/c1-14-8(11)6-3-2-5(9(12)13)4-7(6)10/h2-4,12-13H,10H2,1H3. The minimum Gasteiger partial charge on any atom is -0.465 e. The lowest BCUT2D eigenvalue weighted by molar-refractivity contribution is 0.0602. The summed E-state index contributed by atoms with van der Waals surface area (Å²) in [6, 6.07) is 4.10. The first-order valence-corrected chi connectivity index (χ1v) is 3.90. The number of hydrogen-bond donors (Lipinski definition) is 3. The number of anilines is 1. The number of carbonyl (C=O) groups excluding carboxylic acids is 1. The van der Waals surface area contributed by atoms with E-state index in [4.69, 9.17) is 15.8 Å². The van der Waals surface area contributed by atoms with Crippen LogP contribution in [-0.4, -0.2) is 30.2 Å². The molecule has 0 heterocycles. The SMILES string of the molecule is COC(=O)c1ccc(B(O)O)cc1N. The third-order valence-electron chi connectivity index (χ3n) is 1.78. The van der Waals surface area contributed by atoms with Crippen LogP contribution in [0.4, 0.5) is 5.69 Å². The van der Waals surface area contributed by atoms with Crippen molar-refractivity contribution < 1.29 is 19.6 Å². The Hall–Kier alpha value is -1.53. The predicted molar refractivity (Wildman–Crippen MR) is 52.0 cm³/mol. The molecule has 0 aromatic heterocycles. The van der Waals surface area contributed by atoms with Crippen molar-refractivity contribution in [3.8, 4) is 0 Å². The fourth-order valence-electron chi connectivity index (χ4n) is 1.04. The van der Waals surface area contributed by atoms with E-state index in [9.17, 15) is 4.79 Å². The number of carbonyl (C=O) groups is 1. The summed E-state index contributed by atoms with van der Waals surface area (Å²) in [5, 5.41) is 17.6. The average molecular weight is 195 g/mol. The van der Waals surface area contributed by atoms with E-state index in [0.29, 0.717) is 0 Å². The van der Waals surface area contributed by atoms with E-state index < -0.39 is 13.1 Å². The summed E-state index contributed by atoms with van der Waals surface area (Å²) >= 11 is 0. The topological polar surface area (TPSA) is 92.8 Å². The second-order valence-corrected chi connectivity index (χ2v) is 2.71. The summed E-state index contributed by atoms with van der Waals surface area (Å²) in [4.78, 5) is 11.1. The number of methoxy groups -OCH3 is 1. The Kier molecular flexibility index (Phi) is 3.11. The first-order chi connectivity index (χ1) is 6.56. The molecule has 0 aliphatic carbocycles. The maximum Gasteiger partial charge on any atom is 0.488 e. The van der Waals surface area contributed by atoms with Gasteiger partial charge in [0.25, 0.3) is 0 Å². The van der Waals surface area contributed by atoms with E-state index in [1.807, 2.05) is 0 Å². The summed E-state index contributed by atoms with van der Waals surface area (Å²) in [7, 11) is -0.347. The molecule has 1 aromatic carbocycles. The van der Waals surface area contributed by atoms with Crippen LogP contribution in [0.1, 0.15) is 10.4 Å². The molecule has 1 aromatic rings. The highest BCUT2D eigenvalue weighted by atomic mass is 16.5. The monoisotopic (exact) mass is 195 g/mol. The van der Waals surface area contributed by atoms with Gasteiger partial charge in [0.1, 0.15) is 0 Å². The van der Waals surface area contributed by atoms with Gasteiger partial charge < -0.3 is 20.5 Å². The van der Waals surface area contributed by atoms with E-state index in [1.165, 1.54) is 25.3 Å². The molecule has 5 nitrogen and oxygen atoms in total. The lowest BCUT2D eigenvalue weighted by Gasteiger charge is -2.05. The molecule has 0 aliphatic rings. The molecule has 6 heteroatoms. The van der Waals surface area contributed by atoms with Gasteiger partial charge >= 0.3 is 13.1 Å². The van der Waals surface area contributed by atoms with Gasteiger partial charge in [-0.1, -0.05) is 6.07 Å². The molecular formula is C8H10BNO4. The molecule has 0 radical (unpaired) electrons. The predicted octanol–water partition coefficient (Wildman–Crippen LogP) is -1.26. The lowest BCUT2D eigenvalue weighted by Crippen LogP contribution is -2.30. The molecule has 0 spiro atoms. The number of hydrogen-bond acceptors (Lipinski definition) is 5. The third-order valence-corrected chi connectivity index (χ3v) is 1.78. The van der Waals surface area contributed by atoms with Gasteiger partial charge in [0.05, 0.1) is 12.7 Å². The zero-order valence-corrected chi connectivity index (χ0v) is 7.60. The Bertz CT molecular complexity index is 353. The smallest absolute Gasteiger partial charge is 0.465 e. The first-order valence-electron chi connectivity index (χ1n) is 3.90. The Labute approximate surface area is 81.3 Å². The molecule has 1 rings (SSSR count). The van der Waals surface area contributed by atoms with Crippen molar-refractivity contribution in [1.82, 2.24) is 0 Å². The van der Waals surface area contributed by atoms with Crippen molar-refractivity contribution in [3.63, 3.8) is 0 Å². The van der Waals surface area contributed by atoms with Crippen LogP contribution in [0, 0.1) is 0 Å². The fourth-order valence-corrected chi connectivity index (χ4v) is 1.04. The van der Waals surface area contributed by atoms with Crippen LogP contribution < -0.4 is 11.2 Å². The molecule has 0 atom stereocenters. The highest BCUT2D eigenvalue weighted by molar-refractivity contribution is 6.58. The van der Waals surface area contributed by atoms with Crippen LogP contribution >= 0.6 is 0 Å². The van der Waals surface area contributed by atoms with Crippen LogP contribution in [0.25, 0.3) is 0 Å². The largest absolute Gasteiger partial charge is 0.488 e. The zero-order chi connectivity index (χ0) is 10.7. The van der Waals surface area contributed by atoms with Crippen LogP contribution in [0.2, 0.25) is 0 Å². The first kappa shape index (κ1) is 10.6. The van der Waals surface area contributed by atoms with Gasteiger partial charge in [-0.2, -0.15) is 0 Å². The van der Waals surface area contributed by atoms with Gasteiger partial charge in [0, 0.05) is 5.69 Å². The summed E-state index contributed by atoms with van der Waals surface area (Å²) in [5.41, 5.74) is 6.10. The Morgan fingerprint density at radius 2 is 2.14 bits per heavy atom. The van der Waals surface area contributed by atoms with E-state index >= 15 is 0 Å². The van der Waals surface area contributed by atoms with Gasteiger partial charge in [-0.3, -0.25) is 0 Å². The van der Waals surface area contributed by atoms with Gasteiger partial charge in [-0.15, -0.1) is 0 Å².